The van der Waals surface area contributed by atoms with Crippen LogP contribution in [0.15, 0.2) is 18.3 Å². The van der Waals surface area contributed by atoms with Crippen molar-refractivity contribution >= 4 is 11.7 Å². The fraction of sp³-hybridized carbons (Fsp3) is 0.769. The number of aromatic nitrogens is 1. The SMILES string of the molecule is CO[C@@H]1COCC[C@@H]1N(C)[C@@H]1CC[C@@](C(=O)N2CCN(c3cc(C(F)(F)F)ccn3)CC2)(C(C)C)C1. The Kier molecular flexibility index (Phi) is 8.16. The van der Waals surface area contributed by atoms with Gasteiger partial charge in [-0.15, -0.1) is 0 Å². The van der Waals surface area contributed by atoms with Gasteiger partial charge in [0.15, 0.2) is 0 Å². The van der Waals surface area contributed by atoms with Gasteiger partial charge in [0, 0.05) is 58.2 Å². The molecular weight excluding hydrogens is 473 g/mol. The van der Waals surface area contributed by atoms with Crippen LogP contribution in [0, 0.1) is 11.3 Å². The third kappa shape index (κ3) is 5.36. The van der Waals surface area contributed by atoms with Gasteiger partial charge < -0.3 is 19.3 Å². The molecule has 1 aromatic heterocycles. The number of hydrogen-bond donors (Lipinski definition) is 0. The van der Waals surface area contributed by atoms with Crippen LogP contribution in [-0.2, 0) is 20.4 Å². The number of halogens is 3. The Balaban J connectivity index is 1.41. The van der Waals surface area contributed by atoms with Crippen molar-refractivity contribution in [1.29, 1.82) is 0 Å². The van der Waals surface area contributed by atoms with Gasteiger partial charge in [-0.1, -0.05) is 13.8 Å². The van der Waals surface area contributed by atoms with Crippen LogP contribution in [0.3, 0.4) is 0 Å². The maximum absolute atomic E-state index is 13.9. The summed E-state index contributed by atoms with van der Waals surface area (Å²) in [4.78, 5) is 24.2. The molecule has 2 saturated heterocycles. The molecule has 1 saturated carbocycles. The van der Waals surface area contributed by atoms with Gasteiger partial charge in [-0.2, -0.15) is 13.2 Å². The molecule has 1 aliphatic carbocycles. The van der Waals surface area contributed by atoms with Gasteiger partial charge in [-0.25, -0.2) is 4.98 Å². The number of pyridine rings is 1. The zero-order valence-corrected chi connectivity index (χ0v) is 21.8. The van der Waals surface area contributed by atoms with E-state index in [0.717, 1.165) is 44.4 Å². The van der Waals surface area contributed by atoms with E-state index >= 15 is 0 Å². The van der Waals surface area contributed by atoms with Crippen LogP contribution in [0.25, 0.3) is 0 Å². The molecule has 7 nitrogen and oxygen atoms in total. The molecule has 0 radical (unpaired) electrons. The highest BCUT2D eigenvalue weighted by Gasteiger charge is 2.51. The molecule has 3 heterocycles. The number of amides is 1. The van der Waals surface area contributed by atoms with Crippen molar-refractivity contribution in [2.24, 2.45) is 11.3 Å². The number of ether oxygens (including phenoxy) is 2. The zero-order chi connectivity index (χ0) is 26.1. The van der Waals surface area contributed by atoms with E-state index in [9.17, 15) is 18.0 Å². The average molecular weight is 513 g/mol. The van der Waals surface area contributed by atoms with E-state index < -0.39 is 17.2 Å². The first-order valence-electron chi connectivity index (χ1n) is 13.0. The van der Waals surface area contributed by atoms with Gasteiger partial charge in [0.1, 0.15) is 5.82 Å². The van der Waals surface area contributed by atoms with Crippen molar-refractivity contribution in [2.75, 3.05) is 58.5 Å². The van der Waals surface area contributed by atoms with E-state index in [0.29, 0.717) is 44.6 Å². The minimum Gasteiger partial charge on any atom is -0.379 e. The molecule has 1 aromatic rings. The molecule has 202 valence electrons. The molecule has 0 spiro atoms. The van der Waals surface area contributed by atoms with Crippen LogP contribution >= 0.6 is 0 Å². The Bertz CT molecular complexity index is 907. The highest BCUT2D eigenvalue weighted by Crippen LogP contribution is 2.48. The van der Waals surface area contributed by atoms with E-state index in [-0.39, 0.29) is 24.0 Å². The smallest absolute Gasteiger partial charge is 0.379 e. The van der Waals surface area contributed by atoms with E-state index in [1.54, 1.807) is 7.11 Å². The first kappa shape index (κ1) is 27.1. The summed E-state index contributed by atoms with van der Waals surface area (Å²) in [5.41, 5.74) is -1.13. The summed E-state index contributed by atoms with van der Waals surface area (Å²) in [7, 11) is 3.87. The lowest BCUT2D eigenvalue weighted by Crippen LogP contribution is -2.55. The summed E-state index contributed by atoms with van der Waals surface area (Å²) < 4.78 is 50.7. The van der Waals surface area contributed by atoms with Crippen LogP contribution in [0.2, 0.25) is 0 Å². The fourth-order valence-electron chi connectivity index (χ4n) is 6.25. The Morgan fingerprint density at radius 3 is 2.61 bits per heavy atom. The molecule has 0 aromatic carbocycles. The van der Waals surface area contributed by atoms with E-state index in [1.165, 1.54) is 6.20 Å². The summed E-state index contributed by atoms with van der Waals surface area (Å²) in [6.45, 7) is 7.49. The maximum Gasteiger partial charge on any atom is 0.416 e. The van der Waals surface area contributed by atoms with Crippen LogP contribution in [0.1, 0.15) is 45.1 Å². The van der Waals surface area contributed by atoms with Gasteiger partial charge >= 0.3 is 6.18 Å². The molecule has 36 heavy (non-hydrogen) atoms. The molecule has 0 bridgehead atoms. The Morgan fingerprint density at radius 1 is 1.25 bits per heavy atom. The lowest BCUT2D eigenvalue weighted by atomic mass is 9.74. The highest BCUT2D eigenvalue weighted by molar-refractivity contribution is 5.84. The molecular formula is C26H39F3N4O3. The summed E-state index contributed by atoms with van der Waals surface area (Å²) in [6, 6.07) is 2.65. The number of rotatable bonds is 6. The third-order valence-corrected chi connectivity index (χ3v) is 8.69. The molecule has 0 unspecified atom stereocenters. The van der Waals surface area contributed by atoms with Crippen molar-refractivity contribution in [1.82, 2.24) is 14.8 Å². The second-order valence-electron chi connectivity index (χ2n) is 10.8. The van der Waals surface area contributed by atoms with Crippen molar-refractivity contribution < 1.29 is 27.4 Å². The summed E-state index contributed by atoms with van der Waals surface area (Å²) >= 11 is 0. The second-order valence-corrected chi connectivity index (χ2v) is 10.8. The van der Waals surface area contributed by atoms with Crippen molar-refractivity contribution in [3.8, 4) is 0 Å². The lowest BCUT2D eigenvalue weighted by molar-refractivity contribution is -0.145. The molecule has 3 aliphatic rings. The van der Waals surface area contributed by atoms with Gasteiger partial charge in [0.25, 0.3) is 0 Å². The van der Waals surface area contributed by atoms with Crippen molar-refractivity contribution in [3.63, 3.8) is 0 Å². The Hall–Kier alpha value is -1.91. The molecule has 4 rings (SSSR count). The molecule has 4 atom stereocenters. The standard InChI is InChI=1S/C26H39F3N4O3/c1-18(2)25(8-5-20(16-25)31(3)21-7-14-36-17-22(21)35-4)24(34)33-12-10-32(11-13-33)23-15-19(6-9-30-23)26(27,28)29/h6,9,15,18,20-22H,5,7-8,10-14,16-17H2,1-4H3/t20-,21+,22-,25+/m1/s1. The predicted molar refractivity (Wildman–Crippen MR) is 131 cm³/mol. The third-order valence-electron chi connectivity index (χ3n) is 8.69. The van der Waals surface area contributed by atoms with Crippen LogP contribution in [-0.4, -0.2) is 92.4 Å². The number of hydrogen-bond acceptors (Lipinski definition) is 6. The highest BCUT2D eigenvalue weighted by atomic mass is 19.4. The molecule has 10 heteroatoms. The Morgan fingerprint density at radius 2 is 1.97 bits per heavy atom. The van der Waals surface area contributed by atoms with Gasteiger partial charge in [0.05, 0.1) is 23.7 Å². The fourth-order valence-corrected chi connectivity index (χ4v) is 6.25. The minimum absolute atomic E-state index is 0.0334. The second kappa shape index (κ2) is 10.8. The van der Waals surface area contributed by atoms with E-state index in [1.807, 2.05) is 9.80 Å². The van der Waals surface area contributed by atoms with Gasteiger partial charge in [-0.05, 0) is 50.8 Å². The lowest BCUT2D eigenvalue weighted by Gasteiger charge is -2.43. The van der Waals surface area contributed by atoms with E-state index in [2.05, 4.69) is 30.8 Å². The molecule has 2 aliphatic heterocycles. The Labute approximate surface area is 211 Å². The first-order valence-corrected chi connectivity index (χ1v) is 13.0. The normalized spacial score (nSPS) is 29.9. The van der Waals surface area contributed by atoms with Crippen LogP contribution in [0.4, 0.5) is 19.0 Å². The summed E-state index contributed by atoms with van der Waals surface area (Å²) in [5.74, 6) is 0.682. The number of alkyl halides is 3. The van der Waals surface area contributed by atoms with Gasteiger partial charge in [-0.3, -0.25) is 9.69 Å². The molecule has 0 N–H and O–H groups in total. The largest absolute Gasteiger partial charge is 0.416 e. The van der Waals surface area contributed by atoms with Crippen LogP contribution < -0.4 is 4.90 Å². The number of carbonyl (C=O) groups excluding carboxylic acids is 1. The van der Waals surface area contributed by atoms with Crippen LogP contribution in [0.5, 0.6) is 0 Å². The quantitative estimate of drug-likeness (QED) is 0.580. The predicted octanol–water partition coefficient (Wildman–Crippen LogP) is 3.68. The number of carbonyl (C=O) groups is 1. The number of likely N-dealkylation sites (N-methyl/N-ethyl adjacent to an activating group) is 1. The number of nitrogens with zero attached hydrogens (tertiary/aromatic N) is 4. The van der Waals surface area contributed by atoms with Crippen molar-refractivity contribution in [3.05, 3.63) is 23.9 Å². The number of piperazine rings is 1. The minimum atomic E-state index is -4.40. The monoisotopic (exact) mass is 512 g/mol. The van der Waals surface area contributed by atoms with Gasteiger partial charge in [0.2, 0.25) is 5.91 Å². The summed E-state index contributed by atoms with van der Waals surface area (Å²) in [5, 5.41) is 0. The summed E-state index contributed by atoms with van der Waals surface area (Å²) in [6.07, 6.45) is 0.357. The topological polar surface area (TPSA) is 58.1 Å². The van der Waals surface area contributed by atoms with Crippen molar-refractivity contribution in [2.45, 2.75) is 63.9 Å². The zero-order valence-electron chi connectivity index (χ0n) is 21.8. The van der Waals surface area contributed by atoms with E-state index in [4.69, 9.17) is 9.47 Å². The molecule has 1 amide bonds. The first-order chi connectivity index (χ1) is 17.1. The molecule has 3 fully saturated rings. The number of anilines is 1. The maximum atomic E-state index is 13.9. The number of methoxy groups -OCH3 is 1. The average Bonchev–Trinajstić information content (AvgIpc) is 3.34.